The average Bonchev–Trinajstić information content (AvgIpc) is 2.36. The van der Waals surface area contributed by atoms with Crippen LogP contribution in [-0.4, -0.2) is 10.9 Å². The molecule has 1 aromatic carbocycles. The van der Waals surface area contributed by atoms with Crippen LogP contribution in [0.3, 0.4) is 0 Å². The molecule has 21 heavy (non-hydrogen) atoms. The Morgan fingerprint density at radius 3 is 2.05 bits per heavy atom. The van der Waals surface area contributed by atoms with E-state index in [-0.39, 0.29) is 10.9 Å². The van der Waals surface area contributed by atoms with E-state index in [1.165, 1.54) is 0 Å². The van der Waals surface area contributed by atoms with Crippen LogP contribution in [0.4, 0.5) is 5.69 Å². The van der Waals surface area contributed by atoms with Gasteiger partial charge in [-0.2, -0.15) is 0 Å². The second kappa shape index (κ2) is 7.97. The van der Waals surface area contributed by atoms with Gasteiger partial charge in [0.25, 0.3) is 0 Å². The minimum Gasteiger partial charge on any atom is -0.392 e. The number of nitrogens with two attached hydrogens (primary N) is 1. The van der Waals surface area contributed by atoms with E-state index in [9.17, 15) is 4.79 Å². The van der Waals surface area contributed by atoms with E-state index in [4.69, 9.17) is 41.2 Å². The number of amides is 1. The molecule has 3 N–H and O–H groups in total. The van der Waals surface area contributed by atoms with E-state index in [0.29, 0.717) is 28.6 Å². The van der Waals surface area contributed by atoms with E-state index >= 15 is 0 Å². The van der Waals surface area contributed by atoms with Crippen molar-refractivity contribution in [3.63, 3.8) is 0 Å². The summed E-state index contributed by atoms with van der Waals surface area (Å²) < 4.78 is 0. The maximum absolute atomic E-state index is 12.7. The largest absolute Gasteiger partial charge is 0.392 e. The molecule has 0 heterocycles. The lowest BCUT2D eigenvalue weighted by Crippen LogP contribution is -2.46. The van der Waals surface area contributed by atoms with E-state index in [1.54, 1.807) is 18.2 Å². The second-order valence-corrected chi connectivity index (χ2v) is 6.37. The molecule has 116 valence electrons. The van der Waals surface area contributed by atoms with E-state index in [2.05, 4.69) is 5.32 Å². The molecule has 3 nitrogen and oxygen atoms in total. The Labute approximate surface area is 141 Å². The molecular formula is C15H20Cl2N2OS. The molecule has 0 atom stereocenters. The molecule has 0 spiro atoms. The van der Waals surface area contributed by atoms with Gasteiger partial charge in [-0.3, -0.25) is 4.79 Å². The molecule has 0 aliphatic carbocycles. The number of carbonyl (C=O) groups excluding carboxylic acids is 1. The summed E-state index contributed by atoms with van der Waals surface area (Å²) in [7, 11) is 0. The van der Waals surface area contributed by atoms with Crippen molar-refractivity contribution in [3.8, 4) is 0 Å². The maximum atomic E-state index is 12.7. The summed E-state index contributed by atoms with van der Waals surface area (Å²) in [5.41, 5.74) is 5.60. The lowest BCUT2D eigenvalue weighted by molar-refractivity contribution is -0.122. The molecule has 1 rings (SSSR count). The Hall–Kier alpha value is -0.840. The molecule has 0 unspecified atom stereocenters. The Kier molecular flexibility index (Phi) is 6.91. The molecule has 0 saturated carbocycles. The number of anilines is 1. The summed E-state index contributed by atoms with van der Waals surface area (Å²) in [4.78, 5) is 12.9. The summed E-state index contributed by atoms with van der Waals surface area (Å²) in [6.45, 7) is 4.01. The quantitative estimate of drug-likeness (QED) is 0.696. The summed E-state index contributed by atoms with van der Waals surface area (Å²) in [6, 6.07) is 4.90. The van der Waals surface area contributed by atoms with Crippen molar-refractivity contribution in [2.45, 2.75) is 39.5 Å². The highest BCUT2D eigenvalue weighted by Crippen LogP contribution is 2.33. The minimum absolute atomic E-state index is 0.197. The van der Waals surface area contributed by atoms with Gasteiger partial charge >= 0.3 is 0 Å². The van der Waals surface area contributed by atoms with Crippen LogP contribution in [0.5, 0.6) is 0 Å². The monoisotopic (exact) mass is 346 g/mol. The van der Waals surface area contributed by atoms with Gasteiger partial charge in [0, 0.05) is 15.7 Å². The highest BCUT2D eigenvalue weighted by Gasteiger charge is 2.39. The minimum atomic E-state index is -0.826. The smallest absolute Gasteiger partial charge is 0.237 e. The number of hydrogen-bond acceptors (Lipinski definition) is 2. The third-order valence-corrected chi connectivity index (χ3v) is 4.21. The van der Waals surface area contributed by atoms with Crippen LogP contribution in [0.2, 0.25) is 10.0 Å². The van der Waals surface area contributed by atoms with Gasteiger partial charge in [-0.25, -0.2) is 0 Å². The van der Waals surface area contributed by atoms with Crippen LogP contribution in [0.15, 0.2) is 18.2 Å². The molecule has 1 amide bonds. The Balaban J connectivity index is 3.07. The van der Waals surface area contributed by atoms with Crippen LogP contribution in [-0.2, 0) is 4.79 Å². The van der Waals surface area contributed by atoms with Crippen molar-refractivity contribution in [1.82, 2.24) is 0 Å². The zero-order valence-electron chi connectivity index (χ0n) is 12.2. The summed E-state index contributed by atoms with van der Waals surface area (Å²) in [6.07, 6.45) is 2.88. The van der Waals surface area contributed by atoms with Crippen LogP contribution < -0.4 is 11.1 Å². The lowest BCUT2D eigenvalue weighted by atomic mass is 9.78. The van der Waals surface area contributed by atoms with Crippen LogP contribution in [0, 0.1) is 5.41 Å². The molecule has 0 saturated heterocycles. The van der Waals surface area contributed by atoms with Gasteiger partial charge in [0.2, 0.25) is 5.91 Å². The zero-order valence-corrected chi connectivity index (χ0v) is 14.5. The molecule has 0 aliphatic heterocycles. The fourth-order valence-electron chi connectivity index (χ4n) is 2.44. The van der Waals surface area contributed by atoms with Gasteiger partial charge in [-0.1, -0.05) is 62.1 Å². The van der Waals surface area contributed by atoms with Gasteiger partial charge in [0.05, 0.1) is 10.4 Å². The van der Waals surface area contributed by atoms with Crippen molar-refractivity contribution in [2.75, 3.05) is 5.32 Å². The third-order valence-electron chi connectivity index (χ3n) is 3.38. The fraction of sp³-hybridized carbons (Fsp3) is 0.467. The first-order valence-electron chi connectivity index (χ1n) is 6.93. The van der Waals surface area contributed by atoms with Crippen molar-refractivity contribution < 1.29 is 4.79 Å². The third kappa shape index (κ3) is 4.56. The predicted octanol–water partition coefficient (Wildman–Crippen LogP) is 4.80. The van der Waals surface area contributed by atoms with Crippen molar-refractivity contribution in [3.05, 3.63) is 28.2 Å². The van der Waals surface area contributed by atoms with Crippen LogP contribution >= 0.6 is 35.4 Å². The SMILES string of the molecule is CCCC(CCC)(C(=O)Nc1cc(Cl)cc(Cl)c1)C(N)=S. The summed E-state index contributed by atoms with van der Waals surface area (Å²) >= 11 is 17.1. The van der Waals surface area contributed by atoms with Gasteiger partial charge < -0.3 is 11.1 Å². The van der Waals surface area contributed by atoms with Crippen molar-refractivity contribution in [1.29, 1.82) is 0 Å². The lowest BCUT2D eigenvalue weighted by Gasteiger charge is -2.31. The topological polar surface area (TPSA) is 55.1 Å². The van der Waals surface area contributed by atoms with Gasteiger partial charge in [0.1, 0.15) is 0 Å². The van der Waals surface area contributed by atoms with E-state index < -0.39 is 5.41 Å². The number of nitrogens with one attached hydrogen (secondary N) is 1. The van der Waals surface area contributed by atoms with E-state index in [1.807, 2.05) is 13.8 Å². The number of carbonyl (C=O) groups is 1. The van der Waals surface area contributed by atoms with Crippen molar-refractivity contribution in [2.24, 2.45) is 11.1 Å². The second-order valence-electron chi connectivity index (χ2n) is 5.06. The Morgan fingerprint density at radius 2 is 1.67 bits per heavy atom. The molecule has 0 fully saturated rings. The van der Waals surface area contributed by atoms with Crippen LogP contribution in [0.1, 0.15) is 39.5 Å². The van der Waals surface area contributed by atoms with Gasteiger partial charge in [0.15, 0.2) is 0 Å². The summed E-state index contributed by atoms with van der Waals surface area (Å²) in [5.74, 6) is -0.197. The average molecular weight is 347 g/mol. The predicted molar refractivity (Wildman–Crippen MR) is 94.1 cm³/mol. The first-order valence-corrected chi connectivity index (χ1v) is 8.09. The first kappa shape index (κ1) is 18.2. The highest BCUT2D eigenvalue weighted by atomic mass is 35.5. The van der Waals surface area contributed by atoms with E-state index in [0.717, 1.165) is 12.8 Å². The molecule has 0 bridgehead atoms. The first-order chi connectivity index (χ1) is 9.85. The molecule has 0 aromatic heterocycles. The standard InChI is InChI=1S/C15H20Cl2N2OS/c1-3-5-15(6-4-2,13(18)21)14(20)19-12-8-10(16)7-11(17)9-12/h7-9H,3-6H2,1-2H3,(H2,18,21)(H,19,20). The maximum Gasteiger partial charge on any atom is 0.237 e. The number of thiocarbonyl (C=S) groups is 1. The molecule has 1 aromatic rings. The Bertz CT molecular complexity index is 508. The normalized spacial score (nSPS) is 11.2. The zero-order chi connectivity index (χ0) is 16.0. The highest BCUT2D eigenvalue weighted by molar-refractivity contribution is 7.80. The fourth-order valence-corrected chi connectivity index (χ4v) is 3.26. The molecular weight excluding hydrogens is 327 g/mol. The number of halogens is 2. The van der Waals surface area contributed by atoms with Gasteiger partial charge in [-0.05, 0) is 31.0 Å². The number of benzene rings is 1. The van der Waals surface area contributed by atoms with Crippen molar-refractivity contribution >= 4 is 52.0 Å². The Morgan fingerprint density at radius 1 is 1.19 bits per heavy atom. The summed E-state index contributed by atoms with van der Waals surface area (Å²) in [5, 5.41) is 3.77. The number of rotatable bonds is 7. The number of hydrogen-bond donors (Lipinski definition) is 2. The molecule has 0 radical (unpaired) electrons. The molecule has 0 aliphatic rings. The van der Waals surface area contributed by atoms with Crippen LogP contribution in [0.25, 0.3) is 0 Å². The van der Waals surface area contributed by atoms with Gasteiger partial charge in [-0.15, -0.1) is 0 Å². The molecule has 6 heteroatoms.